The van der Waals surface area contributed by atoms with Crippen molar-refractivity contribution in [2.45, 2.75) is 12.8 Å². The highest BCUT2D eigenvalue weighted by Crippen LogP contribution is 2.24. The molecule has 4 heterocycles. The van der Waals surface area contributed by atoms with Crippen LogP contribution in [0.3, 0.4) is 0 Å². The highest BCUT2D eigenvalue weighted by molar-refractivity contribution is 7.86. The van der Waals surface area contributed by atoms with Crippen LogP contribution in [0.15, 0.2) is 24.4 Å². The number of rotatable bonds is 4. The van der Waals surface area contributed by atoms with E-state index in [-0.39, 0.29) is 11.8 Å². The summed E-state index contributed by atoms with van der Waals surface area (Å²) in [7, 11) is -3.45. The number of nitrogens with zero attached hydrogens (tertiary/aromatic N) is 5. The molecule has 0 spiro atoms. The van der Waals surface area contributed by atoms with Crippen LogP contribution >= 0.6 is 0 Å². The van der Waals surface area contributed by atoms with Crippen LogP contribution in [0.5, 0.6) is 0 Å². The van der Waals surface area contributed by atoms with Crippen molar-refractivity contribution in [3.8, 4) is 0 Å². The number of carbonyl (C=O) groups is 1. The average molecular weight is 424 g/mol. The fourth-order valence-corrected chi connectivity index (χ4v) is 5.84. The van der Waals surface area contributed by atoms with Gasteiger partial charge < -0.3 is 14.5 Å². The Labute approximate surface area is 172 Å². The third-order valence-electron chi connectivity index (χ3n) is 5.99. The van der Waals surface area contributed by atoms with E-state index in [0.29, 0.717) is 65.3 Å². The Balaban J connectivity index is 1.27. The van der Waals surface area contributed by atoms with E-state index < -0.39 is 10.2 Å². The number of hydrogen-bond acceptors (Lipinski definition) is 6. The lowest BCUT2D eigenvalue weighted by Gasteiger charge is -2.39. The second-order valence-corrected chi connectivity index (χ2v) is 9.62. The molecule has 0 saturated carbocycles. The number of amides is 1. The van der Waals surface area contributed by atoms with Gasteiger partial charge in [0.15, 0.2) is 0 Å². The number of carbonyl (C=O) groups excluding carboxylic acids is 1. The molecule has 1 aromatic rings. The molecule has 3 fully saturated rings. The molecule has 10 heteroatoms. The Morgan fingerprint density at radius 1 is 0.931 bits per heavy atom. The maximum atomic E-state index is 13.0. The first-order valence-electron chi connectivity index (χ1n) is 10.3. The number of pyridine rings is 1. The van der Waals surface area contributed by atoms with Gasteiger partial charge in [0.05, 0.1) is 13.2 Å². The topological polar surface area (TPSA) is 86.3 Å². The Hall–Kier alpha value is -1.75. The molecule has 0 bridgehead atoms. The second-order valence-electron chi connectivity index (χ2n) is 7.69. The van der Waals surface area contributed by atoms with Crippen LogP contribution in [0.2, 0.25) is 0 Å². The predicted octanol–water partition coefficient (Wildman–Crippen LogP) is 0.0192. The van der Waals surface area contributed by atoms with Gasteiger partial charge in [-0.1, -0.05) is 6.07 Å². The lowest BCUT2D eigenvalue weighted by molar-refractivity contribution is -0.137. The quantitative estimate of drug-likeness (QED) is 0.679. The maximum Gasteiger partial charge on any atom is 0.282 e. The van der Waals surface area contributed by atoms with Gasteiger partial charge in [0.1, 0.15) is 5.82 Å². The van der Waals surface area contributed by atoms with Crippen LogP contribution in [0.1, 0.15) is 12.8 Å². The minimum atomic E-state index is -3.45. The molecule has 0 N–H and O–H groups in total. The van der Waals surface area contributed by atoms with Gasteiger partial charge in [0.2, 0.25) is 5.91 Å². The average Bonchev–Trinajstić information content (AvgIpc) is 2.80. The molecule has 3 aliphatic rings. The molecule has 160 valence electrons. The SMILES string of the molecule is O=C(C1CCN(S(=O)(=O)N2CCOCC2)CC1)N1CCN(c2ccccn2)CC1. The summed E-state index contributed by atoms with van der Waals surface area (Å²) in [6.45, 7) is 5.41. The normalized spacial score (nSPS) is 23.3. The van der Waals surface area contributed by atoms with Gasteiger partial charge in [-0.25, -0.2) is 4.98 Å². The Morgan fingerprint density at radius 2 is 1.59 bits per heavy atom. The Bertz CT molecular complexity index is 784. The second kappa shape index (κ2) is 8.95. The van der Waals surface area contributed by atoms with Gasteiger partial charge in [0.25, 0.3) is 10.2 Å². The minimum Gasteiger partial charge on any atom is -0.379 e. The molecule has 0 radical (unpaired) electrons. The zero-order valence-electron chi connectivity index (χ0n) is 16.6. The highest BCUT2D eigenvalue weighted by Gasteiger charge is 2.37. The van der Waals surface area contributed by atoms with Gasteiger partial charge in [-0.05, 0) is 25.0 Å². The molecular formula is C19H29N5O4S. The van der Waals surface area contributed by atoms with Crippen molar-refractivity contribution in [2.24, 2.45) is 5.92 Å². The van der Waals surface area contributed by atoms with E-state index in [2.05, 4.69) is 9.88 Å². The van der Waals surface area contributed by atoms with E-state index in [1.54, 1.807) is 6.20 Å². The van der Waals surface area contributed by atoms with Gasteiger partial charge >= 0.3 is 0 Å². The van der Waals surface area contributed by atoms with Gasteiger partial charge in [-0.3, -0.25) is 4.79 Å². The summed E-state index contributed by atoms with van der Waals surface area (Å²) < 4.78 is 33.8. The van der Waals surface area contributed by atoms with Crippen molar-refractivity contribution in [1.29, 1.82) is 0 Å². The number of morpholine rings is 1. The molecule has 0 unspecified atom stereocenters. The van der Waals surface area contributed by atoms with Crippen LogP contribution < -0.4 is 4.90 Å². The number of ether oxygens (including phenoxy) is 1. The van der Waals surface area contributed by atoms with Crippen molar-refractivity contribution in [3.63, 3.8) is 0 Å². The molecule has 3 aliphatic heterocycles. The molecule has 29 heavy (non-hydrogen) atoms. The summed E-state index contributed by atoms with van der Waals surface area (Å²) in [4.78, 5) is 21.5. The first-order valence-corrected chi connectivity index (χ1v) is 11.7. The Morgan fingerprint density at radius 3 is 2.21 bits per heavy atom. The summed E-state index contributed by atoms with van der Waals surface area (Å²) in [6.07, 6.45) is 2.96. The highest BCUT2D eigenvalue weighted by atomic mass is 32.2. The standard InChI is InChI=1S/C19H29N5O4S/c25-19(22-11-9-21(10-12-22)18-3-1-2-6-20-18)17-4-7-23(8-5-17)29(26,27)24-13-15-28-16-14-24/h1-3,6,17H,4-5,7-16H2. The molecular weight excluding hydrogens is 394 g/mol. The van der Waals surface area contributed by atoms with Crippen LogP contribution in [0, 0.1) is 5.92 Å². The summed E-state index contributed by atoms with van der Waals surface area (Å²) in [6, 6.07) is 5.86. The molecule has 0 aromatic carbocycles. The molecule has 4 rings (SSSR count). The van der Waals surface area contributed by atoms with Crippen molar-refractivity contribution in [2.75, 3.05) is 70.5 Å². The summed E-state index contributed by atoms with van der Waals surface area (Å²) in [5.41, 5.74) is 0. The number of hydrogen-bond donors (Lipinski definition) is 0. The lowest BCUT2D eigenvalue weighted by Crippen LogP contribution is -2.54. The first kappa shape index (κ1) is 20.5. The molecule has 1 aromatic heterocycles. The van der Waals surface area contributed by atoms with Gasteiger partial charge in [0, 0.05) is 64.5 Å². The van der Waals surface area contributed by atoms with Crippen molar-refractivity contribution >= 4 is 21.9 Å². The zero-order chi connectivity index (χ0) is 20.3. The van der Waals surface area contributed by atoms with E-state index in [9.17, 15) is 13.2 Å². The van der Waals surface area contributed by atoms with E-state index in [4.69, 9.17) is 4.74 Å². The molecule has 3 saturated heterocycles. The van der Waals surface area contributed by atoms with Crippen molar-refractivity contribution in [3.05, 3.63) is 24.4 Å². The van der Waals surface area contributed by atoms with Crippen molar-refractivity contribution in [1.82, 2.24) is 18.5 Å². The number of anilines is 1. The lowest BCUT2D eigenvalue weighted by atomic mass is 9.96. The Kier molecular flexibility index (Phi) is 6.33. The van der Waals surface area contributed by atoms with Crippen LogP contribution in [0.25, 0.3) is 0 Å². The summed E-state index contributed by atoms with van der Waals surface area (Å²) >= 11 is 0. The van der Waals surface area contributed by atoms with E-state index in [1.165, 1.54) is 8.61 Å². The fourth-order valence-electron chi connectivity index (χ4n) is 4.23. The predicted molar refractivity (Wildman–Crippen MR) is 109 cm³/mol. The maximum absolute atomic E-state index is 13.0. The van der Waals surface area contributed by atoms with Crippen molar-refractivity contribution < 1.29 is 17.9 Å². The van der Waals surface area contributed by atoms with Gasteiger partial charge in [-0.15, -0.1) is 0 Å². The molecule has 9 nitrogen and oxygen atoms in total. The third kappa shape index (κ3) is 4.55. The molecule has 0 aliphatic carbocycles. The monoisotopic (exact) mass is 423 g/mol. The smallest absolute Gasteiger partial charge is 0.282 e. The zero-order valence-corrected chi connectivity index (χ0v) is 17.5. The van der Waals surface area contributed by atoms with Gasteiger partial charge in [-0.2, -0.15) is 17.0 Å². The van der Waals surface area contributed by atoms with E-state index in [1.807, 2.05) is 23.1 Å². The third-order valence-corrected chi connectivity index (χ3v) is 8.03. The molecule has 0 atom stereocenters. The van der Waals surface area contributed by atoms with E-state index >= 15 is 0 Å². The van der Waals surface area contributed by atoms with Crippen LogP contribution in [-0.2, 0) is 19.7 Å². The number of piperidine rings is 1. The van der Waals surface area contributed by atoms with Crippen LogP contribution in [0.4, 0.5) is 5.82 Å². The minimum absolute atomic E-state index is 0.0902. The fraction of sp³-hybridized carbons (Fsp3) is 0.684. The summed E-state index contributed by atoms with van der Waals surface area (Å²) in [5.74, 6) is 1.02. The number of piperazine rings is 1. The number of aromatic nitrogens is 1. The molecule has 1 amide bonds. The summed E-state index contributed by atoms with van der Waals surface area (Å²) in [5, 5.41) is 0. The van der Waals surface area contributed by atoms with E-state index in [0.717, 1.165) is 18.9 Å². The van der Waals surface area contributed by atoms with Crippen LogP contribution in [-0.4, -0.2) is 98.4 Å². The largest absolute Gasteiger partial charge is 0.379 e. The first-order chi connectivity index (χ1) is 14.1.